The number of carbonyl (C=O) groups excluding carboxylic acids is 2. The zero-order valence-electron chi connectivity index (χ0n) is 14.2. The molecule has 0 aromatic heterocycles. The third kappa shape index (κ3) is 6.69. The first kappa shape index (κ1) is 20.3. The second-order valence-electron chi connectivity index (χ2n) is 5.58. The smallest absolute Gasteiger partial charge is 0.319 e. The molecule has 0 saturated heterocycles. The normalized spacial score (nSPS) is 12.3. The molecule has 27 heavy (non-hydrogen) atoms. The first-order valence-electron chi connectivity index (χ1n) is 7.92. The lowest BCUT2D eigenvalue weighted by molar-refractivity contribution is -0.120. The molecule has 3 amide bonds. The molecule has 0 saturated carbocycles. The summed E-state index contributed by atoms with van der Waals surface area (Å²) in [7, 11) is 0. The molecular weight excluding hydrogens is 375 g/mol. The number of amides is 3. The number of aliphatic hydroxyl groups excluding tert-OH is 1. The van der Waals surface area contributed by atoms with Gasteiger partial charge >= 0.3 is 6.03 Å². The van der Waals surface area contributed by atoms with Gasteiger partial charge in [-0.3, -0.25) is 4.79 Å². The van der Waals surface area contributed by atoms with Gasteiger partial charge in [-0.15, -0.1) is 0 Å². The van der Waals surface area contributed by atoms with Crippen LogP contribution in [-0.2, 0) is 11.2 Å². The molecule has 0 heterocycles. The van der Waals surface area contributed by atoms with Gasteiger partial charge in [-0.2, -0.15) is 4.99 Å². The van der Waals surface area contributed by atoms with Crippen molar-refractivity contribution in [3.8, 4) is 0 Å². The van der Waals surface area contributed by atoms with E-state index in [0.29, 0.717) is 10.7 Å². The van der Waals surface area contributed by atoms with E-state index in [-0.39, 0.29) is 12.3 Å². The number of rotatable bonds is 6. The van der Waals surface area contributed by atoms with Crippen LogP contribution in [0, 0.1) is 5.82 Å². The van der Waals surface area contributed by atoms with Crippen molar-refractivity contribution in [3.63, 3.8) is 0 Å². The highest BCUT2D eigenvalue weighted by molar-refractivity contribution is 6.30. The zero-order chi connectivity index (χ0) is 19.8. The van der Waals surface area contributed by atoms with E-state index >= 15 is 0 Å². The molecule has 5 N–H and O–H groups in total. The molecule has 1 unspecified atom stereocenters. The minimum atomic E-state index is -0.825. The summed E-state index contributed by atoms with van der Waals surface area (Å²) in [4.78, 5) is 27.1. The Labute approximate surface area is 160 Å². The zero-order valence-corrected chi connectivity index (χ0v) is 14.9. The van der Waals surface area contributed by atoms with Gasteiger partial charge in [0.2, 0.25) is 0 Å². The number of nitrogens with two attached hydrogens (primary N) is 1. The van der Waals surface area contributed by atoms with Gasteiger partial charge in [0.05, 0.1) is 6.04 Å². The molecule has 0 aliphatic rings. The summed E-state index contributed by atoms with van der Waals surface area (Å²) in [6, 6.07) is 10.6. The van der Waals surface area contributed by atoms with Gasteiger partial charge in [0, 0.05) is 10.7 Å². The van der Waals surface area contributed by atoms with Crippen LogP contribution in [0.2, 0.25) is 5.02 Å². The van der Waals surface area contributed by atoms with Crippen molar-refractivity contribution in [1.29, 1.82) is 0 Å². The molecule has 2 aromatic carbocycles. The van der Waals surface area contributed by atoms with Crippen LogP contribution in [-0.4, -0.2) is 35.5 Å². The first-order valence-corrected chi connectivity index (χ1v) is 8.30. The number of aliphatic imine (C=N–C) groups is 1. The summed E-state index contributed by atoms with van der Waals surface area (Å²) in [5.41, 5.74) is 7.00. The van der Waals surface area contributed by atoms with E-state index in [9.17, 15) is 14.0 Å². The minimum Gasteiger partial charge on any atom is -0.386 e. The van der Waals surface area contributed by atoms with Crippen LogP contribution in [0.25, 0.3) is 0 Å². The van der Waals surface area contributed by atoms with Crippen molar-refractivity contribution < 1.29 is 19.1 Å². The molecule has 1 atom stereocenters. The Morgan fingerprint density at radius 3 is 2.37 bits per heavy atom. The Morgan fingerprint density at radius 1 is 1.15 bits per heavy atom. The number of anilines is 1. The van der Waals surface area contributed by atoms with E-state index in [1.807, 2.05) is 0 Å². The van der Waals surface area contributed by atoms with Gasteiger partial charge in [-0.05, 0) is 48.4 Å². The molecule has 0 bridgehead atoms. The van der Waals surface area contributed by atoms with Gasteiger partial charge in [0.1, 0.15) is 18.3 Å². The number of nitrogens with one attached hydrogen (secondary N) is 2. The fourth-order valence-electron chi connectivity index (χ4n) is 2.20. The summed E-state index contributed by atoms with van der Waals surface area (Å²) >= 11 is 5.86. The van der Waals surface area contributed by atoms with Gasteiger partial charge in [-0.25, -0.2) is 9.18 Å². The lowest BCUT2D eigenvalue weighted by Crippen LogP contribution is -2.48. The quantitative estimate of drug-likeness (QED) is 0.444. The maximum absolute atomic E-state index is 12.9. The third-order valence-corrected chi connectivity index (χ3v) is 3.76. The molecular formula is C18H18ClFN4O3. The van der Waals surface area contributed by atoms with E-state index in [2.05, 4.69) is 15.6 Å². The average Bonchev–Trinajstić information content (AvgIpc) is 2.64. The Hall–Kier alpha value is -2.97. The van der Waals surface area contributed by atoms with Gasteiger partial charge in [0.25, 0.3) is 5.91 Å². The van der Waals surface area contributed by atoms with E-state index in [4.69, 9.17) is 22.4 Å². The van der Waals surface area contributed by atoms with Crippen LogP contribution in [0.3, 0.4) is 0 Å². The largest absolute Gasteiger partial charge is 0.386 e. The second kappa shape index (κ2) is 9.65. The first-order chi connectivity index (χ1) is 12.9. The van der Waals surface area contributed by atoms with Crippen molar-refractivity contribution in [2.24, 2.45) is 10.7 Å². The van der Waals surface area contributed by atoms with Crippen molar-refractivity contribution in [1.82, 2.24) is 5.32 Å². The molecule has 0 spiro atoms. The van der Waals surface area contributed by atoms with Crippen LogP contribution >= 0.6 is 11.6 Å². The molecule has 2 aromatic rings. The predicted octanol–water partition coefficient (Wildman–Crippen LogP) is 2.09. The number of urea groups is 1. The Morgan fingerprint density at radius 2 is 1.78 bits per heavy atom. The second-order valence-corrected chi connectivity index (χ2v) is 6.01. The summed E-state index contributed by atoms with van der Waals surface area (Å²) in [6.07, 6.45) is 0.238. The number of amidine groups is 1. The standard InChI is InChI=1S/C18H18ClFN4O3/c19-12-3-1-11(2-4-12)9-15(17(21)24-16(26)10-25)23-18(27)22-14-7-5-13(20)6-8-14/h1-8,15,25H,9-10H2,(H2,21,24,26)(H2,22,23,27). The fourth-order valence-corrected chi connectivity index (χ4v) is 2.33. The summed E-state index contributed by atoms with van der Waals surface area (Å²) in [5.74, 6) is -1.41. The highest BCUT2D eigenvalue weighted by atomic mass is 35.5. The minimum absolute atomic E-state index is 0.154. The number of aliphatic hydroxyl groups is 1. The number of benzene rings is 2. The molecule has 0 aliphatic heterocycles. The fraction of sp³-hybridized carbons (Fsp3) is 0.167. The molecule has 0 radical (unpaired) electrons. The van der Waals surface area contributed by atoms with Crippen molar-refractivity contribution >= 4 is 35.1 Å². The summed E-state index contributed by atoms with van der Waals surface area (Å²) < 4.78 is 12.9. The molecule has 142 valence electrons. The highest BCUT2D eigenvalue weighted by Gasteiger charge is 2.18. The molecule has 0 aliphatic carbocycles. The van der Waals surface area contributed by atoms with Crippen LogP contribution in [0.1, 0.15) is 5.56 Å². The van der Waals surface area contributed by atoms with E-state index in [0.717, 1.165) is 5.56 Å². The number of halogens is 2. The Bertz CT molecular complexity index is 826. The Balaban J connectivity index is 2.13. The molecule has 9 heteroatoms. The monoisotopic (exact) mass is 392 g/mol. The maximum atomic E-state index is 12.9. The van der Waals surface area contributed by atoms with E-state index in [1.54, 1.807) is 24.3 Å². The summed E-state index contributed by atoms with van der Waals surface area (Å²) in [6.45, 7) is -0.795. The van der Waals surface area contributed by atoms with Gasteiger partial charge in [0.15, 0.2) is 0 Å². The van der Waals surface area contributed by atoms with Crippen molar-refractivity contribution in [2.75, 3.05) is 11.9 Å². The van der Waals surface area contributed by atoms with Crippen LogP contribution in [0.4, 0.5) is 14.9 Å². The van der Waals surface area contributed by atoms with Crippen molar-refractivity contribution in [3.05, 3.63) is 64.9 Å². The highest BCUT2D eigenvalue weighted by Crippen LogP contribution is 2.12. The maximum Gasteiger partial charge on any atom is 0.319 e. The van der Waals surface area contributed by atoms with Crippen LogP contribution in [0.15, 0.2) is 53.5 Å². The number of nitrogens with zero attached hydrogens (tertiary/aromatic N) is 1. The summed E-state index contributed by atoms with van der Waals surface area (Å²) in [5, 5.41) is 14.5. The topological polar surface area (TPSA) is 117 Å². The number of hydrogen-bond donors (Lipinski definition) is 4. The lowest BCUT2D eigenvalue weighted by Gasteiger charge is -2.19. The SMILES string of the molecule is NC(=NC(=O)CO)C(Cc1ccc(Cl)cc1)NC(=O)Nc1ccc(F)cc1. The lowest BCUT2D eigenvalue weighted by atomic mass is 10.1. The Kier molecular flexibility index (Phi) is 7.27. The average molecular weight is 393 g/mol. The predicted molar refractivity (Wildman–Crippen MR) is 101 cm³/mol. The molecule has 2 rings (SSSR count). The van der Waals surface area contributed by atoms with Crippen LogP contribution in [0.5, 0.6) is 0 Å². The van der Waals surface area contributed by atoms with Gasteiger partial charge in [-0.1, -0.05) is 23.7 Å². The molecule has 0 fully saturated rings. The van der Waals surface area contributed by atoms with Crippen LogP contribution < -0.4 is 16.4 Å². The third-order valence-electron chi connectivity index (χ3n) is 3.51. The van der Waals surface area contributed by atoms with Crippen molar-refractivity contribution in [2.45, 2.75) is 12.5 Å². The number of hydrogen-bond acceptors (Lipinski definition) is 3. The van der Waals surface area contributed by atoms with E-state index < -0.39 is 30.4 Å². The van der Waals surface area contributed by atoms with E-state index in [1.165, 1.54) is 24.3 Å². The molecule has 7 nitrogen and oxygen atoms in total. The van der Waals surface area contributed by atoms with Gasteiger partial charge < -0.3 is 21.5 Å². The number of carbonyl (C=O) groups is 2.